The Bertz CT molecular complexity index is 2640. The summed E-state index contributed by atoms with van der Waals surface area (Å²) < 4.78 is 33.2. The number of aldehydes is 1. The molecule has 7 aromatic rings. The van der Waals surface area contributed by atoms with Crippen LogP contribution in [0.3, 0.4) is 0 Å². The summed E-state index contributed by atoms with van der Waals surface area (Å²) in [5, 5.41) is 17.7. The predicted molar refractivity (Wildman–Crippen MR) is 244 cm³/mol. The maximum absolute atomic E-state index is 14.2. The molecule has 1 aliphatic rings. The average Bonchev–Trinajstić information content (AvgIpc) is 3.71. The van der Waals surface area contributed by atoms with Crippen LogP contribution in [0.1, 0.15) is 22.4 Å². The number of carbonyl (C=O) groups is 1. The standard InChI is InChI=1S/C47H44ClFN6O5S.CH4O/c1-30-38(14-15-40(43(30)48)58-23-22-55-20-18-54(2)19-21-55)41-42-46(51-29-52-47(42)61-44(41)32-10-12-35(49)13-11-32)60-37(27-57)25-33-7-3-4-9-39(33)59-28-36-16-17-50-45(53-36)34-8-5-6-31(24-34)26-56;1-2/h3-17,24,27,29,37,56H,18-23,25-26,28H2,1-2H3;2H,1H3. The molecule has 0 aliphatic carbocycles. The third-order valence-corrected chi connectivity index (χ3v) is 12.3. The molecule has 4 heterocycles. The minimum atomic E-state index is -0.949. The van der Waals surface area contributed by atoms with Gasteiger partial charge in [-0.3, -0.25) is 9.69 Å². The van der Waals surface area contributed by atoms with Gasteiger partial charge >= 0.3 is 0 Å². The zero-order valence-corrected chi connectivity index (χ0v) is 36.8. The first-order chi connectivity index (χ1) is 30.8. The van der Waals surface area contributed by atoms with Crippen molar-refractivity contribution < 1.29 is 33.6 Å². The molecule has 1 atom stereocenters. The monoisotopic (exact) mass is 890 g/mol. The summed E-state index contributed by atoms with van der Waals surface area (Å²) in [7, 11) is 3.14. The number of aliphatic hydroxyl groups excluding tert-OH is 2. The largest absolute Gasteiger partial charge is 0.491 e. The zero-order valence-electron chi connectivity index (χ0n) is 35.2. The molecular formula is C48H48ClFN6O6S. The van der Waals surface area contributed by atoms with Crippen molar-refractivity contribution in [2.75, 3.05) is 53.5 Å². The number of aromatic nitrogens is 4. The van der Waals surface area contributed by atoms with Crippen LogP contribution >= 0.6 is 22.9 Å². The van der Waals surface area contributed by atoms with Crippen molar-refractivity contribution in [2.45, 2.75) is 32.7 Å². The highest BCUT2D eigenvalue weighted by Crippen LogP contribution is 2.49. The molecule has 12 nitrogen and oxygen atoms in total. The number of benzene rings is 4. The highest BCUT2D eigenvalue weighted by molar-refractivity contribution is 7.22. The van der Waals surface area contributed by atoms with Gasteiger partial charge in [0, 0.05) is 68.5 Å². The van der Waals surface area contributed by atoms with Crippen LogP contribution in [0, 0.1) is 12.7 Å². The van der Waals surface area contributed by atoms with Gasteiger partial charge in [0.05, 0.1) is 22.7 Å². The Labute approximate surface area is 374 Å². The molecule has 0 bridgehead atoms. The summed E-state index contributed by atoms with van der Waals surface area (Å²) in [6.45, 7) is 7.35. The smallest absolute Gasteiger partial charge is 0.226 e. The van der Waals surface area contributed by atoms with Gasteiger partial charge in [-0.25, -0.2) is 24.3 Å². The Morgan fingerprint density at radius 1 is 0.905 bits per heavy atom. The first-order valence-corrected chi connectivity index (χ1v) is 21.6. The summed E-state index contributed by atoms with van der Waals surface area (Å²) in [4.78, 5) is 37.3. The number of rotatable bonds is 16. The molecule has 3 aromatic heterocycles. The van der Waals surface area contributed by atoms with Crippen LogP contribution in [0.2, 0.25) is 5.02 Å². The third-order valence-electron chi connectivity index (χ3n) is 10.7. The van der Waals surface area contributed by atoms with Crippen LogP contribution in [0.4, 0.5) is 4.39 Å². The molecule has 0 spiro atoms. The summed E-state index contributed by atoms with van der Waals surface area (Å²) >= 11 is 8.48. The van der Waals surface area contributed by atoms with E-state index >= 15 is 0 Å². The minimum Gasteiger partial charge on any atom is -0.491 e. The fourth-order valence-corrected chi connectivity index (χ4v) is 8.70. The van der Waals surface area contributed by atoms with Crippen LogP contribution < -0.4 is 14.2 Å². The van der Waals surface area contributed by atoms with E-state index in [-0.39, 0.29) is 31.3 Å². The number of hydrogen-bond acceptors (Lipinski definition) is 13. The fourth-order valence-electron chi connectivity index (χ4n) is 7.32. The lowest BCUT2D eigenvalue weighted by atomic mass is 9.96. The minimum absolute atomic E-state index is 0.0808. The second-order valence-electron chi connectivity index (χ2n) is 14.8. The van der Waals surface area contributed by atoms with Crippen LogP contribution in [0.25, 0.3) is 43.2 Å². The maximum atomic E-state index is 14.2. The van der Waals surface area contributed by atoms with Crippen LogP contribution in [-0.2, 0) is 24.4 Å². The summed E-state index contributed by atoms with van der Waals surface area (Å²) in [5.41, 5.74) is 6.07. The average molecular weight is 891 g/mol. The van der Waals surface area contributed by atoms with Crippen LogP contribution in [-0.4, -0.2) is 106 Å². The maximum Gasteiger partial charge on any atom is 0.226 e. The molecule has 1 aliphatic heterocycles. The molecule has 4 aromatic carbocycles. The number of carbonyl (C=O) groups excluding carboxylic acids is 1. The Balaban J connectivity index is 0.00000293. The number of piperazine rings is 1. The van der Waals surface area contributed by atoms with Crippen molar-refractivity contribution in [1.29, 1.82) is 0 Å². The summed E-state index contributed by atoms with van der Waals surface area (Å²) in [6.07, 6.45) is 3.08. The van der Waals surface area contributed by atoms with Gasteiger partial charge in [-0.15, -0.1) is 11.3 Å². The van der Waals surface area contributed by atoms with Gasteiger partial charge in [0.1, 0.15) is 41.7 Å². The van der Waals surface area contributed by atoms with E-state index in [0.29, 0.717) is 44.9 Å². The molecule has 2 N–H and O–H groups in total. The lowest BCUT2D eigenvalue weighted by molar-refractivity contribution is -0.113. The van der Waals surface area contributed by atoms with E-state index in [1.165, 1.54) is 29.8 Å². The molecule has 1 unspecified atom stereocenters. The van der Waals surface area contributed by atoms with Crippen molar-refractivity contribution in [3.05, 3.63) is 137 Å². The van der Waals surface area contributed by atoms with E-state index in [0.717, 1.165) is 89.9 Å². The molecule has 1 saturated heterocycles. The number of likely N-dealkylation sites (N-methyl/N-ethyl adjacent to an activating group) is 1. The van der Waals surface area contributed by atoms with Crippen LogP contribution in [0.5, 0.6) is 17.4 Å². The van der Waals surface area contributed by atoms with Gasteiger partial charge in [0.25, 0.3) is 0 Å². The summed E-state index contributed by atoms with van der Waals surface area (Å²) in [6, 6.07) is 26.8. The van der Waals surface area contributed by atoms with Crippen molar-refractivity contribution in [3.8, 4) is 50.3 Å². The van der Waals surface area contributed by atoms with E-state index in [4.69, 9.17) is 30.9 Å². The second-order valence-corrected chi connectivity index (χ2v) is 16.2. The number of halogens is 2. The zero-order chi connectivity index (χ0) is 44.3. The SMILES string of the molecule is CO.Cc1c(-c2c(-c3ccc(F)cc3)sc3ncnc(OC(C=O)Cc4ccccc4OCc4ccnc(-c5cccc(CO)c5)n4)c23)ccc(OCCN2CCN(C)CC2)c1Cl. The van der Waals surface area contributed by atoms with Crippen molar-refractivity contribution >= 4 is 39.4 Å². The number of ether oxygens (including phenoxy) is 3. The van der Waals surface area contributed by atoms with E-state index in [1.54, 1.807) is 24.4 Å². The van der Waals surface area contributed by atoms with E-state index in [2.05, 4.69) is 36.8 Å². The van der Waals surface area contributed by atoms with Gasteiger partial charge in [-0.05, 0) is 78.2 Å². The van der Waals surface area contributed by atoms with E-state index < -0.39 is 6.10 Å². The lowest BCUT2D eigenvalue weighted by Gasteiger charge is -2.32. The van der Waals surface area contributed by atoms with Gasteiger partial charge in [-0.2, -0.15) is 0 Å². The van der Waals surface area contributed by atoms with Gasteiger partial charge in [0.2, 0.25) is 5.88 Å². The topological polar surface area (TPSA) is 143 Å². The third kappa shape index (κ3) is 10.8. The predicted octanol–water partition coefficient (Wildman–Crippen LogP) is 8.08. The Morgan fingerprint density at radius 3 is 2.48 bits per heavy atom. The van der Waals surface area contributed by atoms with Crippen molar-refractivity contribution in [1.82, 2.24) is 29.7 Å². The van der Waals surface area contributed by atoms with Gasteiger partial charge < -0.3 is 29.3 Å². The Hall–Kier alpha value is -5.87. The highest BCUT2D eigenvalue weighted by atomic mass is 35.5. The van der Waals surface area contributed by atoms with E-state index in [1.807, 2.05) is 67.6 Å². The number of fused-ring (bicyclic) bond motifs is 1. The molecule has 15 heteroatoms. The Kier molecular flexibility index (Phi) is 15.4. The number of aliphatic hydroxyl groups is 2. The van der Waals surface area contributed by atoms with E-state index in [9.17, 15) is 14.3 Å². The van der Waals surface area contributed by atoms with Crippen LogP contribution in [0.15, 0.2) is 104 Å². The molecule has 1 fully saturated rings. The fraction of sp³-hybridized carbons (Fsp3) is 0.271. The van der Waals surface area contributed by atoms with Crippen molar-refractivity contribution in [2.24, 2.45) is 0 Å². The molecule has 0 saturated carbocycles. The first kappa shape index (κ1) is 45.2. The molecule has 326 valence electrons. The number of para-hydroxylation sites is 1. The quantitative estimate of drug-likeness (QED) is 0.0906. The Morgan fingerprint density at radius 2 is 1.70 bits per heavy atom. The number of thiophene rings is 1. The number of nitrogens with zero attached hydrogens (tertiary/aromatic N) is 6. The molecule has 63 heavy (non-hydrogen) atoms. The van der Waals surface area contributed by atoms with Gasteiger partial charge in [0.15, 0.2) is 18.2 Å². The van der Waals surface area contributed by atoms with Crippen molar-refractivity contribution in [3.63, 3.8) is 0 Å². The number of hydrogen-bond donors (Lipinski definition) is 2. The molecule has 0 amide bonds. The molecular weight excluding hydrogens is 843 g/mol. The molecule has 8 rings (SSSR count). The normalized spacial score (nSPS) is 13.6. The second kappa shape index (κ2) is 21.5. The van der Waals surface area contributed by atoms with Gasteiger partial charge in [-0.1, -0.05) is 66.2 Å². The summed E-state index contributed by atoms with van der Waals surface area (Å²) in [5.74, 6) is 1.55. The molecule has 0 radical (unpaired) electrons. The first-order valence-electron chi connectivity index (χ1n) is 20.4. The highest BCUT2D eigenvalue weighted by Gasteiger charge is 2.26. The lowest BCUT2D eigenvalue weighted by Crippen LogP contribution is -2.45.